The molecule has 1 saturated carbocycles. The summed E-state index contributed by atoms with van der Waals surface area (Å²) >= 11 is 0. The molecule has 3 nitrogen and oxygen atoms in total. The molecule has 0 spiro atoms. The maximum absolute atomic E-state index is 11.5. The molecule has 0 saturated heterocycles. The number of ether oxygens (including phenoxy) is 2. The zero-order valence-corrected chi connectivity index (χ0v) is 13.9. The van der Waals surface area contributed by atoms with Crippen LogP contribution in [0.15, 0.2) is 6.07 Å². The molecule has 2 rings (SSSR count). The van der Waals surface area contributed by atoms with E-state index in [1.807, 2.05) is 0 Å². The molecule has 3 unspecified atom stereocenters. The average molecular weight is 290 g/mol. The minimum absolute atomic E-state index is 0.0495. The summed E-state index contributed by atoms with van der Waals surface area (Å²) in [6.07, 6.45) is 2.03. The maximum atomic E-state index is 11.5. The first-order chi connectivity index (χ1) is 9.90. The van der Waals surface area contributed by atoms with Gasteiger partial charge < -0.3 is 9.47 Å². The molecule has 21 heavy (non-hydrogen) atoms. The Bertz CT molecular complexity index is 548. The predicted molar refractivity (Wildman–Crippen MR) is 83.9 cm³/mol. The van der Waals surface area contributed by atoms with Crippen LogP contribution in [0.1, 0.15) is 47.9 Å². The first kappa shape index (κ1) is 15.9. The highest BCUT2D eigenvalue weighted by Crippen LogP contribution is 2.47. The lowest BCUT2D eigenvalue weighted by Crippen LogP contribution is -2.08. The third-order valence-corrected chi connectivity index (χ3v) is 4.90. The lowest BCUT2D eigenvalue weighted by Gasteiger charge is -2.21. The van der Waals surface area contributed by atoms with Crippen LogP contribution >= 0.6 is 0 Å². The van der Waals surface area contributed by atoms with Gasteiger partial charge in [-0.3, -0.25) is 4.79 Å². The molecule has 1 aromatic carbocycles. The van der Waals surface area contributed by atoms with Crippen LogP contribution in [0, 0.1) is 32.6 Å². The van der Waals surface area contributed by atoms with Gasteiger partial charge in [-0.2, -0.15) is 0 Å². The minimum atomic E-state index is -0.0495. The molecule has 3 atom stereocenters. The molecule has 0 bridgehead atoms. The van der Waals surface area contributed by atoms with E-state index < -0.39 is 0 Å². The molecule has 0 radical (unpaired) electrons. The molecule has 1 fully saturated rings. The van der Waals surface area contributed by atoms with E-state index in [2.05, 4.69) is 33.8 Å². The molecule has 0 aliphatic heterocycles. The van der Waals surface area contributed by atoms with Gasteiger partial charge in [0.05, 0.1) is 20.1 Å². The van der Waals surface area contributed by atoms with E-state index in [9.17, 15) is 4.79 Å². The van der Waals surface area contributed by atoms with Gasteiger partial charge in [0.15, 0.2) is 0 Å². The SMILES string of the molecule is COC(=O)C1CC1CC(C)c1c(C)cc(OC)c(C)c1C. The van der Waals surface area contributed by atoms with Gasteiger partial charge in [0.2, 0.25) is 0 Å². The van der Waals surface area contributed by atoms with Gasteiger partial charge in [-0.1, -0.05) is 6.92 Å². The standard InChI is InChI=1S/C18H26O3/c1-10(7-14-9-15(14)18(19)21-6)17-11(2)8-16(20-5)12(3)13(17)4/h8,10,14-15H,7,9H2,1-6H3. The molecule has 0 N–H and O–H groups in total. The molecule has 0 heterocycles. The van der Waals surface area contributed by atoms with Gasteiger partial charge in [0.25, 0.3) is 0 Å². The van der Waals surface area contributed by atoms with Crippen LogP contribution in [0.25, 0.3) is 0 Å². The summed E-state index contributed by atoms with van der Waals surface area (Å²) in [6.45, 7) is 8.68. The number of aryl methyl sites for hydroxylation is 1. The molecular formula is C18H26O3. The maximum Gasteiger partial charge on any atom is 0.308 e. The largest absolute Gasteiger partial charge is 0.496 e. The van der Waals surface area contributed by atoms with Crippen molar-refractivity contribution >= 4 is 5.97 Å². The van der Waals surface area contributed by atoms with E-state index in [0.29, 0.717) is 11.8 Å². The van der Waals surface area contributed by atoms with Crippen LogP contribution < -0.4 is 4.74 Å². The molecule has 1 aromatic rings. The number of methoxy groups -OCH3 is 2. The van der Waals surface area contributed by atoms with E-state index in [0.717, 1.165) is 18.6 Å². The van der Waals surface area contributed by atoms with Gasteiger partial charge in [-0.25, -0.2) is 0 Å². The Balaban J connectivity index is 2.15. The fourth-order valence-corrected chi connectivity index (χ4v) is 3.56. The average Bonchev–Trinajstić information content (AvgIpc) is 3.21. The normalized spacial score (nSPS) is 21.8. The highest BCUT2D eigenvalue weighted by molar-refractivity contribution is 5.75. The van der Waals surface area contributed by atoms with Crippen molar-refractivity contribution < 1.29 is 14.3 Å². The molecular weight excluding hydrogens is 264 g/mol. The molecule has 116 valence electrons. The van der Waals surface area contributed by atoms with Crippen LogP contribution in [0.5, 0.6) is 5.75 Å². The quantitative estimate of drug-likeness (QED) is 0.771. The highest BCUT2D eigenvalue weighted by atomic mass is 16.5. The van der Waals surface area contributed by atoms with Crippen LogP contribution in [-0.2, 0) is 9.53 Å². The van der Waals surface area contributed by atoms with Crippen molar-refractivity contribution in [2.75, 3.05) is 14.2 Å². The monoisotopic (exact) mass is 290 g/mol. The van der Waals surface area contributed by atoms with Gasteiger partial charge in [-0.15, -0.1) is 0 Å². The van der Waals surface area contributed by atoms with Gasteiger partial charge >= 0.3 is 5.97 Å². The third-order valence-electron chi connectivity index (χ3n) is 4.90. The van der Waals surface area contributed by atoms with E-state index in [4.69, 9.17) is 9.47 Å². The molecule has 3 heteroatoms. The van der Waals surface area contributed by atoms with Gasteiger partial charge in [0.1, 0.15) is 5.75 Å². The first-order valence-corrected chi connectivity index (χ1v) is 7.63. The minimum Gasteiger partial charge on any atom is -0.496 e. The lowest BCUT2D eigenvalue weighted by molar-refractivity contribution is -0.142. The number of rotatable bonds is 5. The second kappa shape index (κ2) is 6.08. The fourth-order valence-electron chi connectivity index (χ4n) is 3.56. The lowest BCUT2D eigenvalue weighted by atomic mass is 9.86. The molecule has 0 aromatic heterocycles. The zero-order chi connectivity index (χ0) is 15.7. The topological polar surface area (TPSA) is 35.5 Å². The number of esters is 1. The Hall–Kier alpha value is -1.51. The van der Waals surface area contributed by atoms with Gasteiger partial charge in [0, 0.05) is 0 Å². The Labute approximate surface area is 127 Å². The fraction of sp³-hybridized carbons (Fsp3) is 0.611. The Morgan fingerprint density at radius 1 is 1.29 bits per heavy atom. The summed E-state index contributed by atoms with van der Waals surface area (Å²) in [5.41, 5.74) is 5.21. The number of hydrogen-bond donors (Lipinski definition) is 0. The van der Waals surface area contributed by atoms with Crippen molar-refractivity contribution in [2.24, 2.45) is 11.8 Å². The van der Waals surface area contributed by atoms with Crippen LogP contribution in [0.4, 0.5) is 0 Å². The van der Waals surface area contributed by atoms with E-state index in [1.165, 1.54) is 29.4 Å². The summed E-state index contributed by atoms with van der Waals surface area (Å²) in [7, 11) is 3.19. The smallest absolute Gasteiger partial charge is 0.308 e. The first-order valence-electron chi connectivity index (χ1n) is 7.63. The third kappa shape index (κ3) is 3.07. The number of carbonyl (C=O) groups is 1. The number of benzene rings is 1. The predicted octanol–water partition coefficient (Wildman–Crippen LogP) is 3.92. The van der Waals surface area contributed by atoms with Gasteiger partial charge in [-0.05, 0) is 73.8 Å². The summed E-state index contributed by atoms with van der Waals surface area (Å²) < 4.78 is 10.3. The van der Waals surface area contributed by atoms with Crippen molar-refractivity contribution in [3.8, 4) is 5.75 Å². The zero-order valence-electron chi connectivity index (χ0n) is 13.9. The van der Waals surface area contributed by atoms with E-state index in [-0.39, 0.29) is 11.9 Å². The molecule has 1 aliphatic rings. The number of hydrogen-bond acceptors (Lipinski definition) is 3. The second-order valence-corrected chi connectivity index (χ2v) is 6.32. The van der Waals surface area contributed by atoms with Crippen molar-refractivity contribution in [2.45, 2.75) is 46.5 Å². The van der Waals surface area contributed by atoms with Crippen molar-refractivity contribution in [3.05, 3.63) is 28.3 Å². The Morgan fingerprint density at radius 2 is 1.95 bits per heavy atom. The number of carbonyl (C=O) groups excluding carboxylic acids is 1. The van der Waals surface area contributed by atoms with Crippen LogP contribution in [0.2, 0.25) is 0 Å². The molecule has 0 amide bonds. The summed E-state index contributed by atoms with van der Waals surface area (Å²) in [5.74, 6) is 1.96. The second-order valence-electron chi connectivity index (χ2n) is 6.32. The summed E-state index contributed by atoms with van der Waals surface area (Å²) in [4.78, 5) is 11.5. The van der Waals surface area contributed by atoms with E-state index in [1.54, 1.807) is 7.11 Å². The summed E-state index contributed by atoms with van der Waals surface area (Å²) in [6, 6.07) is 2.12. The molecule has 1 aliphatic carbocycles. The Kier molecular flexibility index (Phi) is 4.60. The highest BCUT2D eigenvalue weighted by Gasteiger charge is 2.44. The summed E-state index contributed by atoms with van der Waals surface area (Å²) in [5, 5.41) is 0. The van der Waals surface area contributed by atoms with Crippen LogP contribution in [0.3, 0.4) is 0 Å². The van der Waals surface area contributed by atoms with Crippen LogP contribution in [-0.4, -0.2) is 20.2 Å². The van der Waals surface area contributed by atoms with Crippen molar-refractivity contribution in [1.82, 2.24) is 0 Å². The van der Waals surface area contributed by atoms with E-state index >= 15 is 0 Å². The Morgan fingerprint density at radius 3 is 2.52 bits per heavy atom. The van der Waals surface area contributed by atoms with Crippen molar-refractivity contribution in [3.63, 3.8) is 0 Å². The van der Waals surface area contributed by atoms with Crippen molar-refractivity contribution in [1.29, 1.82) is 0 Å².